The van der Waals surface area contributed by atoms with Gasteiger partial charge in [0, 0.05) is 31.0 Å². The molecule has 2 aliphatic rings. The van der Waals surface area contributed by atoms with Gasteiger partial charge in [-0.15, -0.1) is 0 Å². The van der Waals surface area contributed by atoms with Crippen LogP contribution in [0.2, 0.25) is 5.15 Å². The number of piperidine rings is 1. The molecule has 1 saturated heterocycles. The SMILES string of the molecule is CCc1nc(Cl)c(C)c(N2CCC3(O)CCCCC3C2)n1. The van der Waals surface area contributed by atoms with E-state index in [2.05, 4.69) is 14.9 Å². The van der Waals surface area contributed by atoms with Crippen LogP contribution in [0.4, 0.5) is 5.82 Å². The molecule has 2 unspecified atom stereocenters. The first-order chi connectivity index (χ1) is 10.0. The number of fused-ring (bicyclic) bond motifs is 1. The topological polar surface area (TPSA) is 49.2 Å². The van der Waals surface area contributed by atoms with Crippen molar-refractivity contribution in [2.24, 2.45) is 5.92 Å². The summed E-state index contributed by atoms with van der Waals surface area (Å²) in [5, 5.41) is 11.4. The number of anilines is 1. The third-order valence-corrected chi connectivity index (χ3v) is 5.52. The largest absolute Gasteiger partial charge is 0.389 e. The van der Waals surface area contributed by atoms with Crippen LogP contribution in [0.3, 0.4) is 0 Å². The fourth-order valence-corrected chi connectivity index (χ4v) is 3.93. The van der Waals surface area contributed by atoms with Crippen LogP contribution in [-0.4, -0.2) is 33.8 Å². The summed E-state index contributed by atoms with van der Waals surface area (Å²) in [4.78, 5) is 11.3. The van der Waals surface area contributed by atoms with Gasteiger partial charge in [-0.1, -0.05) is 31.4 Å². The van der Waals surface area contributed by atoms with Crippen LogP contribution < -0.4 is 4.90 Å². The minimum absolute atomic E-state index is 0.359. The lowest BCUT2D eigenvalue weighted by atomic mass is 9.71. The van der Waals surface area contributed by atoms with Gasteiger partial charge in [-0.05, 0) is 26.2 Å². The van der Waals surface area contributed by atoms with Crippen LogP contribution in [0.15, 0.2) is 0 Å². The molecule has 4 nitrogen and oxygen atoms in total. The van der Waals surface area contributed by atoms with E-state index in [-0.39, 0.29) is 0 Å². The molecular formula is C16H24ClN3O. The Balaban J connectivity index is 1.87. The van der Waals surface area contributed by atoms with E-state index in [4.69, 9.17) is 11.6 Å². The van der Waals surface area contributed by atoms with Gasteiger partial charge in [-0.3, -0.25) is 0 Å². The Morgan fingerprint density at radius 2 is 2.14 bits per heavy atom. The number of aromatic nitrogens is 2. The smallest absolute Gasteiger partial charge is 0.137 e. The van der Waals surface area contributed by atoms with Crippen molar-refractivity contribution in [3.05, 3.63) is 16.5 Å². The first-order valence-corrected chi connectivity index (χ1v) is 8.41. The van der Waals surface area contributed by atoms with Gasteiger partial charge in [0.1, 0.15) is 16.8 Å². The standard InChI is InChI=1S/C16H24ClN3O/c1-3-13-18-14(17)11(2)15(19-13)20-9-8-16(21)7-5-4-6-12(16)10-20/h12,21H,3-10H2,1-2H3. The third-order valence-electron chi connectivity index (χ3n) is 5.15. The molecule has 0 amide bonds. The number of halogens is 1. The highest BCUT2D eigenvalue weighted by Gasteiger charge is 2.43. The van der Waals surface area contributed by atoms with E-state index in [1.165, 1.54) is 6.42 Å². The van der Waals surface area contributed by atoms with E-state index in [9.17, 15) is 5.11 Å². The van der Waals surface area contributed by atoms with Crippen LogP contribution in [0.5, 0.6) is 0 Å². The molecule has 1 aliphatic heterocycles. The van der Waals surface area contributed by atoms with Crippen molar-refractivity contribution in [3.63, 3.8) is 0 Å². The van der Waals surface area contributed by atoms with Gasteiger partial charge >= 0.3 is 0 Å². The summed E-state index contributed by atoms with van der Waals surface area (Å²) in [6, 6.07) is 0. The molecule has 0 bridgehead atoms. The maximum absolute atomic E-state index is 10.8. The number of hydrogen-bond acceptors (Lipinski definition) is 4. The normalized spacial score (nSPS) is 29.3. The van der Waals surface area contributed by atoms with Gasteiger partial charge in [-0.25, -0.2) is 9.97 Å². The quantitative estimate of drug-likeness (QED) is 0.853. The van der Waals surface area contributed by atoms with Crippen molar-refractivity contribution in [3.8, 4) is 0 Å². The number of nitrogens with zero attached hydrogens (tertiary/aromatic N) is 3. The molecule has 1 aromatic heterocycles. The summed E-state index contributed by atoms with van der Waals surface area (Å²) in [6.45, 7) is 5.76. The number of aryl methyl sites for hydroxylation is 1. The molecule has 0 radical (unpaired) electrons. The molecule has 0 spiro atoms. The fraction of sp³-hybridized carbons (Fsp3) is 0.750. The van der Waals surface area contributed by atoms with Gasteiger partial charge in [0.15, 0.2) is 0 Å². The Kier molecular flexibility index (Phi) is 4.10. The average molecular weight is 310 g/mol. The second kappa shape index (κ2) is 5.73. The molecule has 1 saturated carbocycles. The average Bonchev–Trinajstić information content (AvgIpc) is 2.49. The van der Waals surface area contributed by atoms with Gasteiger partial charge < -0.3 is 10.0 Å². The van der Waals surface area contributed by atoms with Gasteiger partial charge in [0.05, 0.1) is 5.60 Å². The third kappa shape index (κ3) is 2.76. The molecule has 5 heteroatoms. The summed E-state index contributed by atoms with van der Waals surface area (Å²) < 4.78 is 0. The summed E-state index contributed by atoms with van der Waals surface area (Å²) in [5.74, 6) is 2.11. The predicted octanol–water partition coefficient (Wildman–Crippen LogP) is 3.13. The Morgan fingerprint density at radius 1 is 1.33 bits per heavy atom. The minimum Gasteiger partial charge on any atom is -0.389 e. The first kappa shape index (κ1) is 15.0. The lowest BCUT2D eigenvalue weighted by Gasteiger charge is -2.48. The van der Waals surface area contributed by atoms with E-state index in [0.717, 1.165) is 62.4 Å². The zero-order valence-electron chi connectivity index (χ0n) is 12.9. The summed E-state index contributed by atoms with van der Waals surface area (Å²) >= 11 is 6.25. The molecule has 1 N–H and O–H groups in total. The van der Waals surface area contributed by atoms with Crippen molar-refractivity contribution in [2.45, 2.75) is 58.0 Å². The molecule has 3 rings (SSSR count). The van der Waals surface area contributed by atoms with Crippen LogP contribution in [0.25, 0.3) is 0 Å². The second-order valence-corrected chi connectivity index (χ2v) is 6.83. The number of aliphatic hydroxyl groups is 1. The summed E-state index contributed by atoms with van der Waals surface area (Å²) in [6.07, 6.45) is 6.07. The highest BCUT2D eigenvalue weighted by Crippen LogP contribution is 2.41. The zero-order chi connectivity index (χ0) is 15.0. The molecule has 2 atom stereocenters. The van der Waals surface area contributed by atoms with Gasteiger partial charge in [0.25, 0.3) is 0 Å². The molecule has 21 heavy (non-hydrogen) atoms. The molecule has 0 aromatic carbocycles. The van der Waals surface area contributed by atoms with Crippen molar-refractivity contribution in [1.82, 2.24) is 9.97 Å². The van der Waals surface area contributed by atoms with Crippen LogP contribution in [0, 0.1) is 12.8 Å². The van der Waals surface area contributed by atoms with E-state index < -0.39 is 5.60 Å². The lowest BCUT2D eigenvalue weighted by Crippen LogP contribution is -2.53. The Labute approximate surface area is 131 Å². The monoisotopic (exact) mass is 309 g/mol. The second-order valence-electron chi connectivity index (χ2n) is 6.48. The Bertz CT molecular complexity index is 536. The van der Waals surface area contributed by atoms with Gasteiger partial charge in [-0.2, -0.15) is 0 Å². The lowest BCUT2D eigenvalue weighted by molar-refractivity contribution is -0.0613. The number of rotatable bonds is 2. The molecule has 116 valence electrons. The van der Waals surface area contributed by atoms with Crippen molar-refractivity contribution in [2.75, 3.05) is 18.0 Å². The summed E-state index contributed by atoms with van der Waals surface area (Å²) in [5.41, 5.74) is 0.502. The molecular weight excluding hydrogens is 286 g/mol. The Hall–Kier alpha value is -0.870. The molecule has 1 aliphatic carbocycles. The van der Waals surface area contributed by atoms with Crippen molar-refractivity contribution in [1.29, 1.82) is 0 Å². The van der Waals surface area contributed by atoms with E-state index in [1.807, 2.05) is 13.8 Å². The van der Waals surface area contributed by atoms with E-state index >= 15 is 0 Å². The summed E-state index contributed by atoms with van der Waals surface area (Å²) in [7, 11) is 0. The van der Waals surface area contributed by atoms with Gasteiger partial charge in [0.2, 0.25) is 0 Å². The van der Waals surface area contributed by atoms with Crippen molar-refractivity contribution < 1.29 is 5.11 Å². The highest BCUT2D eigenvalue weighted by atomic mass is 35.5. The molecule has 1 aromatic rings. The molecule has 2 heterocycles. The first-order valence-electron chi connectivity index (χ1n) is 8.04. The van der Waals surface area contributed by atoms with Crippen LogP contribution in [-0.2, 0) is 6.42 Å². The maximum atomic E-state index is 10.8. The van der Waals surface area contributed by atoms with Crippen LogP contribution in [0.1, 0.15) is 50.4 Å². The van der Waals surface area contributed by atoms with Crippen LogP contribution >= 0.6 is 11.6 Å². The van der Waals surface area contributed by atoms with Crippen molar-refractivity contribution >= 4 is 17.4 Å². The van der Waals surface area contributed by atoms with E-state index in [1.54, 1.807) is 0 Å². The minimum atomic E-state index is -0.451. The van der Waals surface area contributed by atoms with E-state index in [0.29, 0.717) is 11.1 Å². The maximum Gasteiger partial charge on any atom is 0.137 e. The zero-order valence-corrected chi connectivity index (χ0v) is 13.7. The highest BCUT2D eigenvalue weighted by molar-refractivity contribution is 6.30. The predicted molar refractivity (Wildman–Crippen MR) is 84.9 cm³/mol. The fourth-order valence-electron chi connectivity index (χ4n) is 3.75. The number of hydrogen-bond donors (Lipinski definition) is 1. The molecule has 2 fully saturated rings. The Morgan fingerprint density at radius 3 is 2.90 bits per heavy atom.